The second-order valence-electron chi connectivity index (χ2n) is 6.21. The van der Waals surface area contributed by atoms with Crippen molar-refractivity contribution in [3.05, 3.63) is 45.4 Å². The fourth-order valence-electron chi connectivity index (χ4n) is 2.54. The Labute approximate surface area is 169 Å². The average Bonchev–Trinajstić information content (AvgIpc) is 3.42. The van der Waals surface area contributed by atoms with Crippen LogP contribution in [0.15, 0.2) is 30.5 Å². The zero-order valence-corrected chi connectivity index (χ0v) is 16.8. The molecule has 2 N–H and O–H groups in total. The van der Waals surface area contributed by atoms with Crippen molar-refractivity contribution in [2.45, 2.75) is 12.8 Å². The Morgan fingerprint density at radius 2 is 2.15 bits per heavy atom. The number of anilines is 2. The number of aliphatic hydroxyl groups excluding tert-OH is 1. The summed E-state index contributed by atoms with van der Waals surface area (Å²) in [6.07, 6.45) is 3.05. The molecular weight excluding hydrogens is 468 g/mol. The van der Waals surface area contributed by atoms with Gasteiger partial charge in [-0.3, -0.25) is 14.4 Å². The lowest BCUT2D eigenvalue weighted by molar-refractivity contribution is -0.173. The quantitative estimate of drug-likeness (QED) is 0.357. The number of aromatic nitrogens is 1. The molecule has 144 valence electrons. The van der Waals surface area contributed by atoms with Gasteiger partial charge < -0.3 is 15.0 Å². The molecule has 1 fully saturated rings. The number of benzene rings is 1. The minimum Gasteiger partial charge on any atom is -0.394 e. The molecule has 1 aromatic carbocycles. The third-order valence-corrected chi connectivity index (χ3v) is 4.78. The van der Waals surface area contributed by atoms with Crippen LogP contribution >= 0.6 is 22.6 Å². The Morgan fingerprint density at radius 3 is 2.78 bits per heavy atom. The molecule has 7 nitrogen and oxygen atoms in total. The van der Waals surface area contributed by atoms with Gasteiger partial charge in [-0.25, -0.2) is 4.39 Å². The smallest absolute Gasteiger partial charge is 0.288 e. The molecule has 2 aromatic rings. The fourth-order valence-corrected chi connectivity index (χ4v) is 2.99. The summed E-state index contributed by atoms with van der Waals surface area (Å²) in [5, 5.41) is 12.6. The number of hydrogen-bond acceptors (Lipinski definition) is 5. The maximum absolute atomic E-state index is 14.2. The maximum Gasteiger partial charge on any atom is 0.288 e. The van der Waals surface area contributed by atoms with Crippen LogP contribution in [0.2, 0.25) is 0 Å². The van der Waals surface area contributed by atoms with Crippen LogP contribution in [-0.2, 0) is 16.7 Å². The first kappa shape index (κ1) is 19.8. The van der Waals surface area contributed by atoms with E-state index in [0.29, 0.717) is 23.7 Å². The van der Waals surface area contributed by atoms with Gasteiger partial charge in [-0.05, 0) is 59.7 Å². The van der Waals surface area contributed by atoms with Gasteiger partial charge in [-0.2, -0.15) is 0 Å². The maximum atomic E-state index is 14.2. The van der Waals surface area contributed by atoms with Crippen molar-refractivity contribution in [2.24, 2.45) is 13.0 Å². The first-order valence-electron chi connectivity index (χ1n) is 8.42. The summed E-state index contributed by atoms with van der Waals surface area (Å²) >= 11 is 2.01. The molecule has 0 unspecified atom stereocenters. The number of aryl methyl sites for hydroxylation is 1. The number of amides is 2. The van der Waals surface area contributed by atoms with Crippen molar-refractivity contribution in [3.63, 3.8) is 0 Å². The topological polar surface area (TPSA) is 83.8 Å². The van der Waals surface area contributed by atoms with Gasteiger partial charge in [0.05, 0.1) is 24.5 Å². The van der Waals surface area contributed by atoms with Gasteiger partial charge >= 0.3 is 0 Å². The van der Waals surface area contributed by atoms with Gasteiger partial charge in [0.2, 0.25) is 0 Å². The van der Waals surface area contributed by atoms with E-state index in [9.17, 15) is 14.0 Å². The number of nitrogens with zero attached hydrogens (tertiary/aromatic N) is 2. The molecule has 3 rings (SSSR count). The minimum absolute atomic E-state index is 0.169. The Balaban J connectivity index is 1.89. The van der Waals surface area contributed by atoms with E-state index >= 15 is 0 Å². The second-order valence-corrected chi connectivity index (χ2v) is 7.45. The molecule has 1 aromatic heterocycles. The van der Waals surface area contributed by atoms with E-state index in [0.717, 1.165) is 3.57 Å². The van der Waals surface area contributed by atoms with Crippen molar-refractivity contribution in [1.29, 1.82) is 0 Å². The predicted octanol–water partition coefficient (Wildman–Crippen LogP) is 2.82. The highest BCUT2D eigenvalue weighted by Gasteiger charge is 2.38. The highest BCUT2D eigenvalue weighted by atomic mass is 127. The van der Waals surface area contributed by atoms with Crippen LogP contribution in [0.1, 0.15) is 23.2 Å². The van der Waals surface area contributed by atoms with E-state index in [1.165, 1.54) is 12.1 Å². The van der Waals surface area contributed by atoms with E-state index in [-0.39, 0.29) is 30.4 Å². The lowest BCUT2D eigenvalue weighted by Crippen LogP contribution is -2.39. The average molecular weight is 487 g/mol. The van der Waals surface area contributed by atoms with Crippen LogP contribution in [0.4, 0.5) is 15.9 Å². The van der Waals surface area contributed by atoms with Crippen molar-refractivity contribution < 1.29 is 23.9 Å². The molecule has 0 atom stereocenters. The van der Waals surface area contributed by atoms with Gasteiger partial charge in [0.25, 0.3) is 11.8 Å². The van der Waals surface area contributed by atoms with Crippen LogP contribution < -0.4 is 5.32 Å². The van der Waals surface area contributed by atoms with Gasteiger partial charge in [0, 0.05) is 22.7 Å². The summed E-state index contributed by atoms with van der Waals surface area (Å²) in [7, 11) is 1.70. The molecule has 2 amide bonds. The molecular formula is C18H19FIN3O4. The van der Waals surface area contributed by atoms with E-state index in [1.54, 1.807) is 29.9 Å². The monoisotopic (exact) mass is 487 g/mol. The number of imide groups is 1. The van der Waals surface area contributed by atoms with Gasteiger partial charge in [-0.15, -0.1) is 5.06 Å². The lowest BCUT2D eigenvalue weighted by Gasteiger charge is -2.20. The van der Waals surface area contributed by atoms with Crippen LogP contribution in [0, 0.1) is 15.3 Å². The highest BCUT2D eigenvalue weighted by molar-refractivity contribution is 14.1. The minimum atomic E-state index is -0.658. The van der Waals surface area contributed by atoms with E-state index in [2.05, 4.69) is 5.32 Å². The summed E-state index contributed by atoms with van der Waals surface area (Å²) in [6.45, 7) is -0.499. The lowest BCUT2D eigenvalue weighted by atomic mass is 10.2. The van der Waals surface area contributed by atoms with Gasteiger partial charge in [-0.1, -0.05) is 0 Å². The van der Waals surface area contributed by atoms with Gasteiger partial charge in [0.15, 0.2) is 0 Å². The van der Waals surface area contributed by atoms with Crippen LogP contribution in [-0.4, -0.2) is 39.8 Å². The molecule has 27 heavy (non-hydrogen) atoms. The SMILES string of the molecule is Cn1ccc(C(=O)N(OCCO)C(=O)C2CC2)c1Nc1ccc(I)cc1F. The Bertz CT molecular complexity index is 866. The standard InChI is InChI=1S/C18H19FIN3O4/c1-22-7-6-13(16(22)21-15-5-4-12(20)10-14(15)19)18(26)23(27-9-8-24)17(25)11-2-3-11/h4-7,10-11,21,24H,2-3,8-9H2,1H3. The number of carbonyl (C=O) groups is 2. The fraction of sp³-hybridized carbons (Fsp3) is 0.333. The third kappa shape index (κ3) is 4.47. The molecule has 0 spiro atoms. The Morgan fingerprint density at radius 1 is 1.41 bits per heavy atom. The van der Waals surface area contributed by atoms with Crippen LogP contribution in [0.25, 0.3) is 0 Å². The number of nitrogens with one attached hydrogen (secondary N) is 1. The summed E-state index contributed by atoms with van der Waals surface area (Å²) < 4.78 is 16.6. The molecule has 1 aliphatic carbocycles. The zero-order chi connectivity index (χ0) is 19.6. The first-order chi connectivity index (χ1) is 12.9. The molecule has 0 bridgehead atoms. The number of carbonyl (C=O) groups excluding carboxylic acids is 2. The zero-order valence-electron chi connectivity index (χ0n) is 14.6. The normalized spacial score (nSPS) is 13.5. The summed E-state index contributed by atoms with van der Waals surface area (Å²) in [5.74, 6) is -1.44. The predicted molar refractivity (Wildman–Crippen MR) is 105 cm³/mol. The first-order valence-corrected chi connectivity index (χ1v) is 9.49. The summed E-state index contributed by atoms with van der Waals surface area (Å²) in [6, 6.07) is 6.22. The third-order valence-electron chi connectivity index (χ3n) is 4.11. The number of hydrogen-bond donors (Lipinski definition) is 2. The highest BCUT2D eigenvalue weighted by Crippen LogP contribution is 2.32. The van der Waals surface area contributed by atoms with Gasteiger partial charge in [0.1, 0.15) is 11.6 Å². The Kier molecular flexibility index (Phi) is 6.12. The molecule has 9 heteroatoms. The molecule has 0 aliphatic heterocycles. The number of hydroxylamine groups is 2. The van der Waals surface area contributed by atoms with Crippen molar-refractivity contribution >= 4 is 45.9 Å². The molecule has 0 saturated heterocycles. The molecule has 1 saturated carbocycles. The summed E-state index contributed by atoms with van der Waals surface area (Å²) in [5.41, 5.74) is 0.380. The molecule has 1 aliphatic rings. The van der Waals surface area contributed by atoms with Crippen molar-refractivity contribution in [2.75, 3.05) is 18.5 Å². The summed E-state index contributed by atoms with van der Waals surface area (Å²) in [4.78, 5) is 30.5. The van der Waals surface area contributed by atoms with Crippen molar-refractivity contribution in [1.82, 2.24) is 9.63 Å². The van der Waals surface area contributed by atoms with Crippen LogP contribution in [0.3, 0.4) is 0 Å². The molecule has 1 heterocycles. The van der Waals surface area contributed by atoms with Crippen molar-refractivity contribution in [3.8, 4) is 0 Å². The number of halogens is 2. The van der Waals surface area contributed by atoms with E-state index < -0.39 is 17.6 Å². The Hall–Kier alpha value is -1.98. The number of rotatable bonds is 7. The molecule has 0 radical (unpaired) electrons. The second kappa shape index (κ2) is 8.36. The van der Waals surface area contributed by atoms with E-state index in [4.69, 9.17) is 9.94 Å². The largest absolute Gasteiger partial charge is 0.394 e. The van der Waals surface area contributed by atoms with E-state index in [1.807, 2.05) is 22.6 Å². The van der Waals surface area contributed by atoms with Crippen LogP contribution in [0.5, 0.6) is 0 Å². The number of aliphatic hydroxyl groups is 1.